The van der Waals surface area contributed by atoms with E-state index in [1.807, 2.05) is 0 Å². The van der Waals surface area contributed by atoms with Crippen LogP contribution in [0.3, 0.4) is 0 Å². The molecule has 0 saturated heterocycles. The second kappa shape index (κ2) is 4.61. The van der Waals surface area contributed by atoms with Crippen LogP contribution in [0.5, 0.6) is 0 Å². The van der Waals surface area contributed by atoms with Crippen molar-refractivity contribution in [3.8, 4) is 0 Å². The highest BCUT2D eigenvalue weighted by atomic mass is 31.2. The predicted octanol–water partition coefficient (Wildman–Crippen LogP) is 0.980. The Balaban J connectivity index is 3.83. The standard InChI is InChI=1S/C9H17O2P/c1-8(9(10)11)6-5-7-12(2,3)4/h6H,5,7H2,1-4H3. The van der Waals surface area contributed by atoms with Crippen molar-refractivity contribution in [1.29, 1.82) is 0 Å². The summed E-state index contributed by atoms with van der Waals surface area (Å²) in [5.74, 6) is -1.05. The number of carboxylic acids is 1. The van der Waals surface area contributed by atoms with Crippen LogP contribution >= 0.6 is 7.26 Å². The minimum atomic E-state index is -1.05. The van der Waals surface area contributed by atoms with Crippen LogP contribution in [0.1, 0.15) is 13.3 Å². The minimum absolute atomic E-state index is 0.350. The van der Waals surface area contributed by atoms with Crippen LogP contribution < -0.4 is 5.11 Å². The molecule has 70 valence electrons. The number of aliphatic carboxylic acids is 1. The average Bonchev–Trinajstić information content (AvgIpc) is 1.84. The van der Waals surface area contributed by atoms with Gasteiger partial charge in [-0.15, -0.1) is 0 Å². The van der Waals surface area contributed by atoms with E-state index in [1.165, 1.54) is 0 Å². The van der Waals surface area contributed by atoms with Crippen LogP contribution in [0, 0.1) is 0 Å². The van der Waals surface area contributed by atoms with E-state index in [9.17, 15) is 9.90 Å². The molecule has 0 fully saturated rings. The fourth-order valence-electron chi connectivity index (χ4n) is 0.752. The van der Waals surface area contributed by atoms with E-state index in [-0.39, 0.29) is 0 Å². The summed E-state index contributed by atoms with van der Waals surface area (Å²) in [5, 5.41) is 10.3. The van der Waals surface area contributed by atoms with Crippen molar-refractivity contribution in [3.63, 3.8) is 0 Å². The molecule has 0 bridgehead atoms. The highest BCUT2D eigenvalue weighted by Crippen LogP contribution is 2.46. The maximum atomic E-state index is 10.3. The van der Waals surface area contributed by atoms with Gasteiger partial charge >= 0.3 is 0 Å². The van der Waals surface area contributed by atoms with Crippen LogP contribution in [-0.2, 0) is 4.79 Å². The summed E-state index contributed by atoms with van der Waals surface area (Å²) < 4.78 is 0. The second-order valence-corrected chi connectivity index (χ2v) is 9.01. The number of carbonyl (C=O) groups is 1. The minimum Gasteiger partial charge on any atom is -0.545 e. The molecule has 0 amide bonds. The Morgan fingerprint density at radius 2 is 1.92 bits per heavy atom. The molecule has 0 aliphatic rings. The van der Waals surface area contributed by atoms with Crippen LogP contribution in [0.2, 0.25) is 0 Å². The molecule has 0 aromatic heterocycles. The van der Waals surface area contributed by atoms with Gasteiger partial charge in [0.25, 0.3) is 0 Å². The Morgan fingerprint density at radius 3 is 2.25 bits per heavy atom. The van der Waals surface area contributed by atoms with Gasteiger partial charge < -0.3 is 9.90 Å². The number of hydrogen-bond acceptors (Lipinski definition) is 2. The van der Waals surface area contributed by atoms with Gasteiger partial charge in [0.15, 0.2) is 0 Å². The van der Waals surface area contributed by atoms with Gasteiger partial charge in [0, 0.05) is 27.3 Å². The van der Waals surface area contributed by atoms with E-state index < -0.39 is 13.2 Å². The molecule has 0 rings (SSSR count). The maximum Gasteiger partial charge on any atom is 0.0668 e. The number of allylic oxidation sites excluding steroid dienone is 1. The van der Waals surface area contributed by atoms with Crippen LogP contribution in [0.4, 0.5) is 0 Å². The van der Waals surface area contributed by atoms with Crippen molar-refractivity contribution >= 4 is 13.2 Å². The van der Waals surface area contributed by atoms with Crippen molar-refractivity contribution < 1.29 is 9.90 Å². The van der Waals surface area contributed by atoms with Crippen molar-refractivity contribution in [2.24, 2.45) is 0 Å². The largest absolute Gasteiger partial charge is 0.545 e. The van der Waals surface area contributed by atoms with Gasteiger partial charge in [-0.25, -0.2) is 0 Å². The molecule has 0 heterocycles. The van der Waals surface area contributed by atoms with E-state index in [2.05, 4.69) is 20.0 Å². The Labute approximate surface area is 75.0 Å². The van der Waals surface area contributed by atoms with E-state index in [1.54, 1.807) is 13.0 Å². The van der Waals surface area contributed by atoms with Crippen molar-refractivity contribution in [3.05, 3.63) is 11.6 Å². The summed E-state index contributed by atoms with van der Waals surface area (Å²) in [5.41, 5.74) is 0.350. The van der Waals surface area contributed by atoms with E-state index in [4.69, 9.17) is 0 Å². The Bertz CT molecular complexity index is 189. The molecule has 0 aliphatic carbocycles. The molecular weight excluding hydrogens is 171 g/mol. The molecule has 0 aromatic carbocycles. The monoisotopic (exact) mass is 188 g/mol. The first kappa shape index (κ1) is 11.6. The fourth-order valence-corrected chi connectivity index (χ4v) is 1.66. The lowest BCUT2D eigenvalue weighted by atomic mass is 10.2. The third-order valence-electron chi connectivity index (χ3n) is 1.57. The SMILES string of the molecule is CC(=CCC[P+](C)(C)C)C(=O)[O-]. The molecule has 0 radical (unpaired) electrons. The normalized spacial score (nSPS) is 13.2. The van der Waals surface area contributed by atoms with Gasteiger partial charge in [0.2, 0.25) is 0 Å². The van der Waals surface area contributed by atoms with E-state index in [0.29, 0.717) is 5.57 Å². The fraction of sp³-hybridized carbons (Fsp3) is 0.667. The van der Waals surface area contributed by atoms with Gasteiger partial charge in [0.1, 0.15) is 0 Å². The predicted molar refractivity (Wildman–Crippen MR) is 52.9 cm³/mol. The Morgan fingerprint density at radius 1 is 1.42 bits per heavy atom. The van der Waals surface area contributed by atoms with E-state index in [0.717, 1.165) is 12.6 Å². The lowest BCUT2D eigenvalue weighted by Crippen LogP contribution is -2.23. The molecule has 0 atom stereocenters. The number of hydrogen-bond donors (Lipinski definition) is 0. The molecule has 0 aromatic rings. The quantitative estimate of drug-likeness (QED) is 0.487. The third-order valence-corrected chi connectivity index (χ3v) is 3.17. The summed E-state index contributed by atoms with van der Waals surface area (Å²) in [6.07, 6.45) is 3.72. The summed E-state index contributed by atoms with van der Waals surface area (Å²) in [7, 11) is -0.760. The molecule has 2 nitrogen and oxygen atoms in total. The zero-order valence-corrected chi connectivity index (χ0v) is 9.15. The summed E-state index contributed by atoms with van der Waals surface area (Å²) in [6.45, 7) is 8.32. The van der Waals surface area contributed by atoms with Gasteiger partial charge in [-0.3, -0.25) is 0 Å². The molecule has 0 N–H and O–H groups in total. The van der Waals surface area contributed by atoms with Gasteiger partial charge in [-0.05, 0) is 18.9 Å². The highest BCUT2D eigenvalue weighted by Gasteiger charge is 2.14. The van der Waals surface area contributed by atoms with Gasteiger partial charge in [-0.2, -0.15) is 0 Å². The molecule has 0 spiro atoms. The van der Waals surface area contributed by atoms with Crippen molar-refractivity contribution in [2.45, 2.75) is 13.3 Å². The zero-order valence-electron chi connectivity index (χ0n) is 8.26. The molecule has 3 heteroatoms. The third kappa shape index (κ3) is 6.36. The van der Waals surface area contributed by atoms with Crippen LogP contribution in [-0.4, -0.2) is 32.1 Å². The molecule has 0 unspecified atom stereocenters. The number of carboxylic acid groups (broad SMARTS) is 1. The maximum absolute atomic E-state index is 10.3. The van der Waals surface area contributed by atoms with Gasteiger partial charge in [0.05, 0.1) is 12.1 Å². The number of carbonyl (C=O) groups excluding carboxylic acids is 1. The summed E-state index contributed by atoms with van der Waals surface area (Å²) in [4.78, 5) is 10.3. The number of rotatable bonds is 4. The topological polar surface area (TPSA) is 40.1 Å². The van der Waals surface area contributed by atoms with Crippen molar-refractivity contribution in [2.75, 3.05) is 26.2 Å². The molecule has 12 heavy (non-hydrogen) atoms. The highest BCUT2D eigenvalue weighted by molar-refractivity contribution is 7.73. The molecular formula is C9H17O2P. The average molecular weight is 188 g/mol. The first-order chi connectivity index (χ1) is 5.33. The zero-order chi connectivity index (χ0) is 9.78. The van der Waals surface area contributed by atoms with E-state index >= 15 is 0 Å². The van der Waals surface area contributed by atoms with Crippen LogP contribution in [0.25, 0.3) is 0 Å². The molecule has 0 aliphatic heterocycles. The lowest BCUT2D eigenvalue weighted by Gasteiger charge is -2.10. The summed E-state index contributed by atoms with van der Waals surface area (Å²) in [6, 6.07) is 0. The first-order valence-corrected chi connectivity index (χ1v) is 7.33. The lowest BCUT2D eigenvalue weighted by molar-refractivity contribution is -0.299. The Kier molecular flexibility index (Phi) is 4.47. The van der Waals surface area contributed by atoms with Crippen LogP contribution in [0.15, 0.2) is 11.6 Å². The summed E-state index contributed by atoms with van der Waals surface area (Å²) >= 11 is 0. The smallest absolute Gasteiger partial charge is 0.0668 e. The van der Waals surface area contributed by atoms with Crippen molar-refractivity contribution in [1.82, 2.24) is 0 Å². The first-order valence-electron chi connectivity index (χ1n) is 4.01. The van der Waals surface area contributed by atoms with Gasteiger partial charge in [-0.1, -0.05) is 6.08 Å². The Hall–Kier alpha value is -0.360. The second-order valence-electron chi connectivity index (χ2n) is 3.98. The molecule has 0 saturated carbocycles.